The lowest BCUT2D eigenvalue weighted by Gasteiger charge is -2.22. The Morgan fingerprint density at radius 1 is 0.773 bits per heavy atom. The summed E-state index contributed by atoms with van der Waals surface area (Å²) in [6.07, 6.45) is 26.3. The van der Waals surface area contributed by atoms with Crippen molar-refractivity contribution >= 4 is 5.97 Å². The summed E-state index contributed by atoms with van der Waals surface area (Å²) < 4.78 is 11.2. The van der Waals surface area contributed by atoms with Gasteiger partial charge in [0.25, 0.3) is 0 Å². The van der Waals surface area contributed by atoms with Crippen LogP contribution < -0.4 is 0 Å². The van der Waals surface area contributed by atoms with Crippen LogP contribution in [0.2, 0.25) is 0 Å². The Hall–Kier alpha value is -1.25. The number of aliphatic hydroxyl groups is 4. The van der Waals surface area contributed by atoms with Crippen LogP contribution in [0.1, 0.15) is 162 Å². The number of aliphatic hydroxyl groups excluding tert-OH is 4. The first-order valence-electron chi connectivity index (χ1n) is 18.2. The molecule has 1 saturated heterocycles. The predicted molar refractivity (Wildman–Crippen MR) is 177 cm³/mol. The number of esters is 1. The number of ether oxygens (including phenoxy) is 2. The Morgan fingerprint density at radius 2 is 1.41 bits per heavy atom. The molecule has 44 heavy (non-hydrogen) atoms. The van der Waals surface area contributed by atoms with E-state index < -0.39 is 24.4 Å². The summed E-state index contributed by atoms with van der Waals surface area (Å²) in [6.45, 7) is 4.08. The third-order valence-corrected chi connectivity index (χ3v) is 9.30. The maximum absolute atomic E-state index is 11.7. The van der Waals surface area contributed by atoms with E-state index in [0.717, 1.165) is 64.2 Å². The topological polar surface area (TPSA) is 116 Å². The summed E-state index contributed by atoms with van der Waals surface area (Å²) in [5, 5.41) is 41.6. The van der Waals surface area contributed by atoms with Crippen LogP contribution in [-0.4, -0.2) is 69.1 Å². The minimum atomic E-state index is -0.816. The number of rotatable bonds is 27. The van der Waals surface area contributed by atoms with E-state index in [0.29, 0.717) is 37.7 Å². The second-order valence-electron chi connectivity index (χ2n) is 13.5. The summed E-state index contributed by atoms with van der Waals surface area (Å²) in [5.74, 6) is -0.296. The summed E-state index contributed by atoms with van der Waals surface area (Å²) in [6, 6.07) is 0. The molecule has 0 amide bonds. The van der Waals surface area contributed by atoms with Crippen LogP contribution in [0.5, 0.6) is 0 Å². The minimum Gasteiger partial charge on any atom is -0.455 e. The lowest BCUT2D eigenvalue weighted by molar-refractivity contribution is -0.139. The van der Waals surface area contributed by atoms with Gasteiger partial charge in [-0.15, -0.1) is 0 Å². The zero-order valence-corrected chi connectivity index (χ0v) is 28.1. The maximum atomic E-state index is 11.7. The lowest BCUT2D eigenvalue weighted by Crippen LogP contribution is -2.31. The molecular formula is C37H66O7. The Balaban J connectivity index is 1.42. The van der Waals surface area contributed by atoms with Gasteiger partial charge >= 0.3 is 5.97 Å². The molecule has 2 rings (SSSR count). The number of hydrogen-bond donors (Lipinski definition) is 4. The number of carbonyl (C=O) groups excluding carboxylic acids is 1. The molecule has 0 aromatic rings. The average Bonchev–Trinajstić information content (AvgIpc) is 3.60. The van der Waals surface area contributed by atoms with Crippen LogP contribution in [0.3, 0.4) is 0 Å². The molecule has 256 valence electrons. The zero-order valence-electron chi connectivity index (χ0n) is 28.1. The third-order valence-electron chi connectivity index (χ3n) is 9.30. The molecule has 0 aliphatic carbocycles. The molecule has 1 fully saturated rings. The van der Waals surface area contributed by atoms with Crippen molar-refractivity contribution in [3.8, 4) is 0 Å². The molecule has 0 saturated carbocycles. The van der Waals surface area contributed by atoms with Gasteiger partial charge in [0.1, 0.15) is 6.10 Å². The molecule has 2 heterocycles. The van der Waals surface area contributed by atoms with E-state index >= 15 is 0 Å². The number of carbonyl (C=O) groups is 1. The monoisotopic (exact) mass is 622 g/mol. The van der Waals surface area contributed by atoms with Crippen molar-refractivity contribution in [2.45, 2.75) is 204 Å². The van der Waals surface area contributed by atoms with Gasteiger partial charge in [-0.3, -0.25) is 0 Å². The van der Waals surface area contributed by atoms with Gasteiger partial charge < -0.3 is 29.9 Å². The fourth-order valence-corrected chi connectivity index (χ4v) is 6.46. The number of allylic oxidation sites excluding steroid dienone is 2. The molecule has 2 aliphatic heterocycles. The van der Waals surface area contributed by atoms with Crippen molar-refractivity contribution in [2.24, 2.45) is 0 Å². The maximum Gasteiger partial charge on any atom is 0.334 e. The van der Waals surface area contributed by atoms with E-state index in [1.165, 1.54) is 51.4 Å². The fraction of sp³-hybridized carbons (Fsp3) is 0.865. The zero-order chi connectivity index (χ0) is 32.0. The van der Waals surface area contributed by atoms with Gasteiger partial charge in [-0.25, -0.2) is 4.79 Å². The van der Waals surface area contributed by atoms with Gasteiger partial charge in [0.05, 0.1) is 36.6 Å². The largest absolute Gasteiger partial charge is 0.455 e. The first-order chi connectivity index (χ1) is 21.3. The van der Waals surface area contributed by atoms with Crippen molar-refractivity contribution in [1.29, 1.82) is 0 Å². The molecule has 4 N–H and O–H groups in total. The summed E-state index contributed by atoms with van der Waals surface area (Å²) in [5.41, 5.74) is 0.599. The van der Waals surface area contributed by atoms with Crippen LogP contribution in [0.15, 0.2) is 23.8 Å². The fourth-order valence-electron chi connectivity index (χ4n) is 6.46. The standard InChI is InChI=1S/C37H66O7/c1-3-4-5-6-7-8-9-10-11-12-16-19-22-33(39)34(40)24-25-35(41)36-26-23-32(44-36)21-18-15-13-14-17-20-31(38)28-30-27-29(2)43-37(30)42/h12,16,27,29,31-36,38-41H,3-11,13-15,17-26,28H2,1-2H3/b16-12-/t29-,31-,32-,33+,34-,35+,36+/m1/s1. The molecule has 0 spiro atoms. The minimum absolute atomic E-state index is 0.180. The van der Waals surface area contributed by atoms with Gasteiger partial charge in [0.2, 0.25) is 0 Å². The van der Waals surface area contributed by atoms with Crippen molar-refractivity contribution in [1.82, 2.24) is 0 Å². The molecule has 7 heteroatoms. The van der Waals surface area contributed by atoms with E-state index in [-0.39, 0.29) is 24.3 Å². The molecule has 0 unspecified atom stereocenters. The molecule has 0 radical (unpaired) electrons. The Kier molecular flexibility index (Phi) is 21.2. The second-order valence-corrected chi connectivity index (χ2v) is 13.5. The molecule has 7 nitrogen and oxygen atoms in total. The Bertz CT molecular complexity index is 797. The highest BCUT2D eigenvalue weighted by Gasteiger charge is 2.31. The first-order valence-corrected chi connectivity index (χ1v) is 18.2. The summed E-state index contributed by atoms with van der Waals surface area (Å²) >= 11 is 0. The number of unbranched alkanes of at least 4 members (excludes halogenated alkanes) is 12. The second kappa shape index (κ2) is 24.0. The van der Waals surface area contributed by atoms with Crippen LogP contribution >= 0.6 is 0 Å². The highest BCUT2D eigenvalue weighted by Crippen LogP contribution is 2.28. The van der Waals surface area contributed by atoms with Crippen LogP contribution in [0.4, 0.5) is 0 Å². The molecule has 0 aromatic carbocycles. The first kappa shape index (κ1) is 38.9. The number of cyclic esters (lactones) is 1. The van der Waals surface area contributed by atoms with E-state index in [4.69, 9.17) is 9.47 Å². The van der Waals surface area contributed by atoms with Crippen molar-refractivity contribution < 1.29 is 34.7 Å². The van der Waals surface area contributed by atoms with Crippen molar-refractivity contribution in [3.63, 3.8) is 0 Å². The van der Waals surface area contributed by atoms with Gasteiger partial charge in [-0.1, -0.05) is 96.1 Å². The summed E-state index contributed by atoms with van der Waals surface area (Å²) in [4.78, 5) is 11.7. The highest BCUT2D eigenvalue weighted by atomic mass is 16.5. The van der Waals surface area contributed by atoms with Crippen LogP contribution in [0, 0.1) is 0 Å². The molecule has 0 aromatic heterocycles. The molecule has 2 aliphatic rings. The highest BCUT2D eigenvalue weighted by molar-refractivity contribution is 5.90. The quantitative estimate of drug-likeness (QED) is 0.0423. The molecule has 0 bridgehead atoms. The Morgan fingerprint density at radius 3 is 2.11 bits per heavy atom. The average molecular weight is 623 g/mol. The third kappa shape index (κ3) is 17.4. The molecular weight excluding hydrogens is 556 g/mol. The van der Waals surface area contributed by atoms with Gasteiger partial charge in [0.15, 0.2) is 0 Å². The van der Waals surface area contributed by atoms with E-state index in [2.05, 4.69) is 19.1 Å². The lowest BCUT2D eigenvalue weighted by atomic mass is 9.98. The Labute approximate surface area is 268 Å². The van der Waals surface area contributed by atoms with Gasteiger partial charge in [-0.05, 0) is 77.2 Å². The van der Waals surface area contributed by atoms with Crippen LogP contribution in [0.25, 0.3) is 0 Å². The number of hydrogen-bond acceptors (Lipinski definition) is 7. The van der Waals surface area contributed by atoms with E-state index in [1.54, 1.807) is 6.08 Å². The van der Waals surface area contributed by atoms with Crippen LogP contribution in [-0.2, 0) is 14.3 Å². The van der Waals surface area contributed by atoms with E-state index in [1.807, 2.05) is 6.92 Å². The predicted octanol–water partition coefficient (Wildman–Crippen LogP) is 7.62. The van der Waals surface area contributed by atoms with E-state index in [9.17, 15) is 25.2 Å². The summed E-state index contributed by atoms with van der Waals surface area (Å²) in [7, 11) is 0. The normalized spacial score (nSPS) is 23.2. The van der Waals surface area contributed by atoms with Crippen molar-refractivity contribution in [3.05, 3.63) is 23.8 Å². The van der Waals surface area contributed by atoms with Crippen molar-refractivity contribution in [2.75, 3.05) is 0 Å². The van der Waals surface area contributed by atoms with Gasteiger partial charge in [0, 0.05) is 12.0 Å². The smallest absolute Gasteiger partial charge is 0.334 e. The van der Waals surface area contributed by atoms with Gasteiger partial charge in [-0.2, -0.15) is 0 Å². The molecule has 7 atom stereocenters. The SMILES string of the molecule is CCCCCCCCCC/C=C\CC[C@H](O)[C@H](O)CC[C@H](O)[C@@H]1CC[C@@H](CCCCCCC[C@@H](O)CC2=C[C@@H](C)OC2=O)O1.